The molecule has 0 radical (unpaired) electrons. The van der Waals surface area contributed by atoms with Crippen LogP contribution in [0.5, 0.6) is 0 Å². The van der Waals surface area contributed by atoms with Crippen LogP contribution in [0, 0.1) is 0 Å². The van der Waals surface area contributed by atoms with Gasteiger partial charge in [-0.15, -0.1) is 0 Å². The highest BCUT2D eigenvalue weighted by Gasteiger charge is 2.09. The van der Waals surface area contributed by atoms with E-state index in [9.17, 15) is 0 Å². The number of halogens is 2. The van der Waals surface area contributed by atoms with Crippen LogP contribution < -0.4 is 0 Å². The predicted molar refractivity (Wildman–Crippen MR) is 110 cm³/mol. The van der Waals surface area contributed by atoms with Crippen molar-refractivity contribution < 1.29 is 4.42 Å². The number of hydrogen-bond donors (Lipinski definition) is 0. The maximum absolute atomic E-state index is 5.92. The average Bonchev–Trinajstić information content (AvgIpc) is 2.95. The lowest BCUT2D eigenvalue weighted by atomic mass is 10.0. The van der Waals surface area contributed by atoms with Crippen LogP contribution in [0.4, 0.5) is 5.69 Å². The molecule has 128 valence electrons. The first-order chi connectivity index (χ1) is 12.0. The summed E-state index contributed by atoms with van der Waals surface area (Å²) < 4.78 is 6.77. The van der Waals surface area contributed by atoms with Crippen molar-refractivity contribution in [2.45, 2.75) is 29.8 Å². The Balaban J connectivity index is 1.72. The zero-order chi connectivity index (χ0) is 17.8. The standard InChI is InChI=1S/C20H17BrClNOS/c1-13(2)14-3-7-16(8-4-14)23-12-17-11-19(21)20(24-17)25-18-9-5-15(22)6-10-18/h3-13H,1-2H3. The molecule has 0 unspecified atom stereocenters. The van der Waals surface area contributed by atoms with Crippen molar-refractivity contribution in [2.24, 2.45) is 4.99 Å². The van der Waals surface area contributed by atoms with Gasteiger partial charge in [0.1, 0.15) is 5.76 Å². The summed E-state index contributed by atoms with van der Waals surface area (Å²) in [4.78, 5) is 5.55. The van der Waals surface area contributed by atoms with E-state index in [1.165, 1.54) is 17.3 Å². The molecule has 2 nitrogen and oxygen atoms in total. The van der Waals surface area contributed by atoms with E-state index in [4.69, 9.17) is 16.0 Å². The normalized spacial score (nSPS) is 11.6. The number of aliphatic imine (C=N–C) groups is 1. The molecule has 2 aromatic carbocycles. The number of hydrogen-bond acceptors (Lipinski definition) is 3. The summed E-state index contributed by atoms with van der Waals surface area (Å²) in [5.74, 6) is 1.22. The summed E-state index contributed by atoms with van der Waals surface area (Å²) in [5.41, 5.74) is 2.21. The largest absolute Gasteiger partial charge is 0.447 e. The summed E-state index contributed by atoms with van der Waals surface area (Å²) in [5, 5.41) is 1.51. The van der Waals surface area contributed by atoms with Crippen molar-refractivity contribution in [3.05, 3.63) is 75.4 Å². The highest BCUT2D eigenvalue weighted by Crippen LogP contribution is 2.36. The van der Waals surface area contributed by atoms with Crippen molar-refractivity contribution in [1.82, 2.24) is 0 Å². The van der Waals surface area contributed by atoms with E-state index < -0.39 is 0 Å². The Morgan fingerprint density at radius 1 is 1.08 bits per heavy atom. The van der Waals surface area contributed by atoms with E-state index in [1.54, 1.807) is 6.21 Å². The first kappa shape index (κ1) is 18.3. The Morgan fingerprint density at radius 2 is 1.76 bits per heavy atom. The maximum Gasteiger partial charge on any atom is 0.179 e. The molecule has 3 rings (SSSR count). The third kappa shape index (κ3) is 5.00. The van der Waals surface area contributed by atoms with Gasteiger partial charge in [-0.25, -0.2) is 0 Å². The van der Waals surface area contributed by atoms with Crippen molar-refractivity contribution in [3.63, 3.8) is 0 Å². The quantitative estimate of drug-likeness (QED) is 0.384. The third-order valence-corrected chi connectivity index (χ3v) is 5.70. The minimum absolute atomic E-state index is 0.520. The molecule has 0 saturated heterocycles. The Hall–Kier alpha value is -1.49. The summed E-state index contributed by atoms with van der Waals surface area (Å²) in [6.45, 7) is 4.36. The second-order valence-electron chi connectivity index (χ2n) is 5.84. The van der Waals surface area contributed by atoms with Gasteiger partial charge in [-0.3, -0.25) is 4.99 Å². The Morgan fingerprint density at radius 3 is 2.40 bits per heavy atom. The number of rotatable bonds is 5. The number of benzene rings is 2. The van der Waals surface area contributed by atoms with Crippen molar-refractivity contribution in [1.29, 1.82) is 0 Å². The highest BCUT2D eigenvalue weighted by molar-refractivity contribution is 9.10. The van der Waals surface area contributed by atoms with Gasteiger partial charge in [0.25, 0.3) is 0 Å². The van der Waals surface area contributed by atoms with E-state index in [1.807, 2.05) is 42.5 Å². The van der Waals surface area contributed by atoms with E-state index in [-0.39, 0.29) is 0 Å². The fourth-order valence-corrected chi connectivity index (χ4v) is 3.65. The lowest BCUT2D eigenvalue weighted by Gasteiger charge is -2.04. The molecule has 0 saturated carbocycles. The van der Waals surface area contributed by atoms with Crippen LogP contribution in [0.15, 0.2) is 78.5 Å². The van der Waals surface area contributed by atoms with Gasteiger partial charge in [-0.2, -0.15) is 0 Å². The second-order valence-corrected chi connectivity index (χ2v) is 8.18. The van der Waals surface area contributed by atoms with Crippen LogP contribution in [0.3, 0.4) is 0 Å². The van der Waals surface area contributed by atoms with Crippen molar-refractivity contribution in [2.75, 3.05) is 0 Å². The van der Waals surface area contributed by atoms with Crippen LogP contribution in [0.25, 0.3) is 0 Å². The van der Waals surface area contributed by atoms with E-state index >= 15 is 0 Å². The second kappa shape index (κ2) is 8.26. The van der Waals surface area contributed by atoms with Gasteiger partial charge in [-0.05, 0) is 63.8 Å². The summed E-state index contributed by atoms with van der Waals surface area (Å²) >= 11 is 11.0. The Bertz CT molecular complexity index is 870. The molecular weight excluding hydrogens is 418 g/mol. The molecule has 0 atom stereocenters. The molecule has 0 spiro atoms. The van der Waals surface area contributed by atoms with Gasteiger partial charge < -0.3 is 4.42 Å². The smallest absolute Gasteiger partial charge is 0.179 e. The molecule has 0 aliphatic carbocycles. The molecule has 0 amide bonds. The van der Waals surface area contributed by atoms with E-state index in [0.29, 0.717) is 11.7 Å². The van der Waals surface area contributed by atoms with Crippen molar-refractivity contribution >= 4 is 51.2 Å². The zero-order valence-electron chi connectivity index (χ0n) is 13.9. The van der Waals surface area contributed by atoms with Crippen LogP contribution >= 0.6 is 39.3 Å². The lowest BCUT2D eigenvalue weighted by molar-refractivity contribution is 0.466. The SMILES string of the molecule is CC(C)c1ccc(N=Cc2cc(Br)c(Sc3ccc(Cl)cc3)o2)cc1. The molecule has 1 heterocycles. The third-order valence-electron chi connectivity index (χ3n) is 3.60. The molecule has 3 aromatic rings. The van der Waals surface area contributed by atoms with Gasteiger partial charge in [0.15, 0.2) is 5.09 Å². The lowest BCUT2D eigenvalue weighted by Crippen LogP contribution is -1.84. The fourth-order valence-electron chi connectivity index (χ4n) is 2.20. The Labute approximate surface area is 165 Å². The van der Waals surface area contributed by atoms with Crippen LogP contribution in [0.2, 0.25) is 5.02 Å². The topological polar surface area (TPSA) is 25.5 Å². The van der Waals surface area contributed by atoms with Crippen LogP contribution in [0.1, 0.15) is 31.1 Å². The van der Waals surface area contributed by atoms with Gasteiger partial charge in [0.05, 0.1) is 16.4 Å². The summed E-state index contributed by atoms with van der Waals surface area (Å²) in [6, 6.07) is 17.8. The molecule has 1 aromatic heterocycles. The molecule has 25 heavy (non-hydrogen) atoms. The molecule has 0 fully saturated rings. The van der Waals surface area contributed by atoms with Crippen molar-refractivity contribution in [3.8, 4) is 0 Å². The molecular formula is C20H17BrClNOS. The molecule has 0 bridgehead atoms. The average molecular weight is 435 g/mol. The van der Waals surface area contributed by atoms with E-state index in [2.05, 4.69) is 46.9 Å². The van der Waals surface area contributed by atoms with Gasteiger partial charge in [-0.1, -0.05) is 49.3 Å². The van der Waals surface area contributed by atoms with Crippen LogP contribution in [-0.2, 0) is 0 Å². The molecule has 5 heteroatoms. The minimum atomic E-state index is 0.520. The summed E-state index contributed by atoms with van der Waals surface area (Å²) in [7, 11) is 0. The molecule has 0 N–H and O–H groups in total. The summed E-state index contributed by atoms with van der Waals surface area (Å²) in [6.07, 6.45) is 1.74. The minimum Gasteiger partial charge on any atom is -0.447 e. The van der Waals surface area contributed by atoms with E-state index in [0.717, 1.165) is 25.2 Å². The van der Waals surface area contributed by atoms with Gasteiger partial charge >= 0.3 is 0 Å². The Kier molecular flexibility index (Phi) is 6.05. The van der Waals surface area contributed by atoms with Gasteiger partial charge in [0, 0.05) is 16.0 Å². The first-order valence-electron chi connectivity index (χ1n) is 7.88. The number of furan rings is 1. The monoisotopic (exact) mass is 433 g/mol. The first-order valence-corrected chi connectivity index (χ1v) is 9.87. The molecule has 0 aliphatic heterocycles. The number of nitrogens with zero attached hydrogens (tertiary/aromatic N) is 1. The van der Waals surface area contributed by atoms with Gasteiger partial charge in [0.2, 0.25) is 0 Å². The predicted octanol–water partition coefficient (Wildman–Crippen LogP) is 7.72. The van der Waals surface area contributed by atoms with Crippen LogP contribution in [-0.4, -0.2) is 6.21 Å². The molecule has 0 aliphatic rings. The maximum atomic E-state index is 5.92. The highest BCUT2D eigenvalue weighted by atomic mass is 79.9. The zero-order valence-corrected chi connectivity index (χ0v) is 17.0. The fraction of sp³-hybridized carbons (Fsp3) is 0.150.